The fraction of sp³-hybridized carbons (Fsp3) is 0.375. The summed E-state index contributed by atoms with van der Waals surface area (Å²) in [6.07, 6.45) is 1.02. The molecule has 0 aliphatic carbocycles. The number of halogens is 1. The van der Waals surface area contributed by atoms with Crippen molar-refractivity contribution in [2.45, 2.75) is 57.1 Å². The Kier molecular flexibility index (Phi) is 12.3. The number of benzene rings is 3. The molecule has 0 aliphatic rings. The Morgan fingerprint density at radius 1 is 0.886 bits per heavy atom. The van der Waals surface area contributed by atoms with Gasteiger partial charge in [0.2, 0.25) is 11.8 Å². The summed E-state index contributed by atoms with van der Waals surface area (Å²) in [6.45, 7) is 5.11. The van der Waals surface area contributed by atoms with Crippen molar-refractivity contribution in [3.05, 3.63) is 77.3 Å². The van der Waals surface area contributed by atoms with Gasteiger partial charge in [-0.25, -0.2) is 8.42 Å². The lowest BCUT2D eigenvalue weighted by Crippen LogP contribution is -2.53. The highest BCUT2D eigenvalue weighted by atomic mass is 35.5. The number of hydrogen-bond donors (Lipinski definition) is 1. The van der Waals surface area contributed by atoms with Crippen LogP contribution < -0.4 is 23.8 Å². The predicted molar refractivity (Wildman–Crippen MR) is 171 cm³/mol. The van der Waals surface area contributed by atoms with Gasteiger partial charge in [0.1, 0.15) is 18.3 Å². The van der Waals surface area contributed by atoms with E-state index in [-0.39, 0.29) is 34.8 Å². The summed E-state index contributed by atoms with van der Waals surface area (Å²) in [5, 5.41) is 3.36. The number of ether oxygens (including phenoxy) is 3. The topological polar surface area (TPSA) is 114 Å². The number of rotatable bonds is 15. The van der Waals surface area contributed by atoms with Gasteiger partial charge in [-0.2, -0.15) is 0 Å². The van der Waals surface area contributed by atoms with Crippen molar-refractivity contribution < 1.29 is 32.2 Å². The lowest BCUT2D eigenvalue weighted by molar-refractivity contribution is -0.140. The molecule has 0 aliphatic heterocycles. The fourth-order valence-electron chi connectivity index (χ4n) is 4.57. The molecule has 3 aromatic carbocycles. The van der Waals surface area contributed by atoms with E-state index in [4.69, 9.17) is 25.8 Å². The van der Waals surface area contributed by atoms with Gasteiger partial charge in [-0.3, -0.25) is 13.9 Å². The summed E-state index contributed by atoms with van der Waals surface area (Å²) in [4.78, 5) is 29.0. The molecule has 3 aromatic rings. The van der Waals surface area contributed by atoms with Gasteiger partial charge < -0.3 is 24.4 Å². The van der Waals surface area contributed by atoms with Gasteiger partial charge in [-0.1, -0.05) is 37.6 Å². The Hall–Kier alpha value is -3.96. The minimum absolute atomic E-state index is 0.0489. The van der Waals surface area contributed by atoms with Crippen LogP contribution in [0.15, 0.2) is 71.6 Å². The number of amides is 2. The lowest BCUT2D eigenvalue weighted by atomic mass is 10.1. The molecule has 0 radical (unpaired) electrons. The van der Waals surface area contributed by atoms with Crippen LogP contribution in [-0.4, -0.2) is 65.1 Å². The van der Waals surface area contributed by atoms with Crippen molar-refractivity contribution in [3.63, 3.8) is 0 Å². The fourth-order valence-corrected chi connectivity index (χ4v) is 6.12. The van der Waals surface area contributed by atoms with Crippen molar-refractivity contribution in [1.82, 2.24) is 10.2 Å². The maximum atomic E-state index is 14.3. The molecule has 12 heteroatoms. The molecule has 10 nitrogen and oxygen atoms in total. The van der Waals surface area contributed by atoms with E-state index in [9.17, 15) is 18.0 Å². The molecule has 0 saturated heterocycles. The molecule has 2 amide bonds. The van der Waals surface area contributed by atoms with Crippen molar-refractivity contribution in [2.75, 3.05) is 32.2 Å². The van der Waals surface area contributed by atoms with E-state index < -0.39 is 28.5 Å². The number of carbonyl (C=O) groups is 2. The van der Waals surface area contributed by atoms with E-state index in [0.29, 0.717) is 34.9 Å². The first kappa shape index (κ1) is 34.5. The molecule has 0 spiro atoms. The van der Waals surface area contributed by atoms with Gasteiger partial charge in [-0.05, 0) is 73.9 Å². The van der Waals surface area contributed by atoms with Crippen LogP contribution >= 0.6 is 11.6 Å². The van der Waals surface area contributed by atoms with Gasteiger partial charge >= 0.3 is 0 Å². The molecule has 0 saturated carbocycles. The number of anilines is 1. The van der Waals surface area contributed by atoms with Gasteiger partial charge in [0.15, 0.2) is 11.5 Å². The number of sulfonamides is 1. The Balaban J connectivity index is 2.10. The Bertz CT molecular complexity index is 1530. The average Bonchev–Trinajstić information content (AvgIpc) is 3.03. The molecule has 238 valence electrons. The Labute approximate surface area is 264 Å². The molecular weight excluding hydrogens is 606 g/mol. The Morgan fingerprint density at radius 3 is 2.16 bits per heavy atom. The molecule has 3 rings (SSSR count). The normalized spacial score (nSPS) is 12.5. The van der Waals surface area contributed by atoms with Crippen LogP contribution in [0.5, 0.6) is 17.2 Å². The monoisotopic (exact) mass is 645 g/mol. The van der Waals surface area contributed by atoms with Crippen molar-refractivity contribution in [3.8, 4) is 17.2 Å². The van der Waals surface area contributed by atoms with Crippen LogP contribution in [0.3, 0.4) is 0 Å². The van der Waals surface area contributed by atoms with Crippen LogP contribution in [0.1, 0.15) is 39.2 Å². The molecule has 0 bridgehead atoms. The largest absolute Gasteiger partial charge is 0.497 e. The zero-order valence-corrected chi connectivity index (χ0v) is 27.4. The molecule has 0 aromatic heterocycles. The number of nitrogens with zero attached hydrogens (tertiary/aromatic N) is 2. The van der Waals surface area contributed by atoms with Crippen molar-refractivity contribution in [2.24, 2.45) is 0 Å². The van der Waals surface area contributed by atoms with Gasteiger partial charge in [0, 0.05) is 23.7 Å². The second-order valence-electron chi connectivity index (χ2n) is 10.1. The summed E-state index contributed by atoms with van der Waals surface area (Å²) in [7, 11) is 0.0664. The molecule has 44 heavy (non-hydrogen) atoms. The van der Waals surface area contributed by atoms with E-state index in [0.717, 1.165) is 4.31 Å². The predicted octanol–water partition coefficient (Wildman–Crippen LogP) is 5.28. The average molecular weight is 646 g/mol. The lowest BCUT2D eigenvalue weighted by Gasteiger charge is -2.33. The van der Waals surface area contributed by atoms with E-state index >= 15 is 0 Å². The van der Waals surface area contributed by atoms with Crippen molar-refractivity contribution in [1.29, 1.82) is 0 Å². The maximum absolute atomic E-state index is 14.3. The van der Waals surface area contributed by atoms with E-state index in [2.05, 4.69) is 5.32 Å². The van der Waals surface area contributed by atoms with Crippen LogP contribution in [0.4, 0.5) is 5.69 Å². The second-order valence-corrected chi connectivity index (χ2v) is 12.4. The van der Waals surface area contributed by atoms with Gasteiger partial charge in [-0.15, -0.1) is 0 Å². The third-order valence-electron chi connectivity index (χ3n) is 7.21. The SMILES string of the molecule is CC[C@@H](C)NC(=O)[C@H](CC)N(Cc1cccc(OC)c1)C(=O)CN(c1ccc(Cl)cc1)S(=O)(=O)c1ccc(OC)c(OC)c1. The Morgan fingerprint density at radius 2 is 1.57 bits per heavy atom. The van der Waals surface area contributed by atoms with E-state index in [1.54, 1.807) is 37.4 Å². The summed E-state index contributed by atoms with van der Waals surface area (Å²) >= 11 is 6.11. The third kappa shape index (κ3) is 8.35. The zero-order valence-electron chi connectivity index (χ0n) is 25.9. The van der Waals surface area contributed by atoms with Crippen molar-refractivity contribution >= 4 is 39.1 Å². The summed E-state index contributed by atoms with van der Waals surface area (Å²) in [5.41, 5.74) is 0.934. The van der Waals surface area contributed by atoms with Crippen LogP contribution in [0, 0.1) is 0 Å². The number of methoxy groups -OCH3 is 3. The first-order chi connectivity index (χ1) is 21.0. The number of nitrogens with one attached hydrogen (secondary N) is 1. The van der Waals surface area contributed by atoms with Gasteiger partial charge in [0.05, 0.1) is 31.9 Å². The second kappa shape index (κ2) is 15.7. The maximum Gasteiger partial charge on any atom is 0.264 e. The first-order valence-electron chi connectivity index (χ1n) is 14.2. The van der Waals surface area contributed by atoms with E-state index in [1.165, 1.54) is 49.5 Å². The zero-order chi connectivity index (χ0) is 32.4. The molecule has 1 N–H and O–H groups in total. The standard InChI is InChI=1S/C32H40ClN3O7S/c1-7-22(3)34-32(38)28(8-2)35(20-23-10-9-11-26(18-23)41-4)31(37)21-36(25-14-12-24(33)13-15-25)44(39,40)27-16-17-29(42-5)30(19-27)43-6/h9-19,22,28H,7-8,20-21H2,1-6H3,(H,34,38)/t22-,28+/m1/s1. The van der Waals surface area contributed by atoms with Crippen LogP contribution in [0.2, 0.25) is 5.02 Å². The highest BCUT2D eigenvalue weighted by molar-refractivity contribution is 7.92. The highest BCUT2D eigenvalue weighted by Crippen LogP contribution is 2.33. The summed E-state index contributed by atoms with van der Waals surface area (Å²) in [5.74, 6) is 0.259. The van der Waals surface area contributed by atoms with E-state index in [1.807, 2.05) is 26.8 Å². The molecule has 0 fully saturated rings. The molecule has 0 heterocycles. The quantitative estimate of drug-likeness (QED) is 0.239. The minimum atomic E-state index is -4.33. The summed E-state index contributed by atoms with van der Waals surface area (Å²) in [6, 6.07) is 16.5. The highest BCUT2D eigenvalue weighted by Gasteiger charge is 2.34. The molecular formula is C32H40ClN3O7S. The third-order valence-corrected chi connectivity index (χ3v) is 9.23. The molecule has 0 unspecified atom stereocenters. The number of hydrogen-bond acceptors (Lipinski definition) is 7. The van der Waals surface area contributed by atoms with Crippen LogP contribution in [0.25, 0.3) is 0 Å². The van der Waals surface area contributed by atoms with Gasteiger partial charge in [0.25, 0.3) is 10.0 Å². The smallest absolute Gasteiger partial charge is 0.264 e. The minimum Gasteiger partial charge on any atom is -0.497 e. The number of carbonyl (C=O) groups excluding carboxylic acids is 2. The van der Waals surface area contributed by atoms with Crippen LogP contribution in [-0.2, 0) is 26.2 Å². The first-order valence-corrected chi connectivity index (χ1v) is 16.0. The molecule has 2 atom stereocenters. The summed E-state index contributed by atoms with van der Waals surface area (Å²) < 4.78 is 45.3.